The van der Waals surface area contributed by atoms with Crippen LogP contribution in [0.25, 0.3) is 11.6 Å². The Morgan fingerprint density at radius 3 is 1.89 bits per heavy atom. The van der Waals surface area contributed by atoms with Crippen LogP contribution in [0.3, 0.4) is 0 Å². The summed E-state index contributed by atoms with van der Waals surface area (Å²) in [4.78, 5) is 14.9. The molecule has 27 heavy (non-hydrogen) atoms. The van der Waals surface area contributed by atoms with Gasteiger partial charge in [-0.15, -0.1) is 0 Å². The molecule has 0 spiro atoms. The second-order valence-corrected chi connectivity index (χ2v) is 7.55. The van der Waals surface area contributed by atoms with E-state index in [1.807, 2.05) is 24.3 Å². The SMILES string of the molecule is O=C1/C(=C\c2c(Cl)cccc2Cl)c2ccccc2N1c1c(Cl)cccc1Cl. The van der Waals surface area contributed by atoms with Crippen LogP contribution < -0.4 is 4.90 Å². The normalized spacial score (nSPS) is 14.7. The van der Waals surface area contributed by atoms with Gasteiger partial charge in [0.2, 0.25) is 0 Å². The smallest absolute Gasteiger partial charge is 0.263 e. The van der Waals surface area contributed by atoms with Gasteiger partial charge in [-0.3, -0.25) is 9.69 Å². The third kappa shape index (κ3) is 3.13. The van der Waals surface area contributed by atoms with E-state index in [1.54, 1.807) is 42.5 Å². The van der Waals surface area contributed by atoms with Crippen LogP contribution in [0, 0.1) is 0 Å². The average molecular weight is 435 g/mol. The summed E-state index contributed by atoms with van der Waals surface area (Å²) in [6.45, 7) is 0. The monoisotopic (exact) mass is 433 g/mol. The highest BCUT2D eigenvalue weighted by Gasteiger charge is 2.35. The Bertz CT molecular complexity index is 1070. The topological polar surface area (TPSA) is 20.3 Å². The fourth-order valence-corrected chi connectivity index (χ4v) is 4.17. The summed E-state index contributed by atoms with van der Waals surface area (Å²) in [5.74, 6) is -0.248. The van der Waals surface area contributed by atoms with Crippen molar-refractivity contribution >= 4 is 75.3 Å². The van der Waals surface area contributed by atoms with Crippen LogP contribution in [0.15, 0.2) is 60.7 Å². The first kappa shape index (κ1) is 18.4. The predicted octanol–water partition coefficient (Wildman–Crippen LogP) is 7.52. The number of nitrogens with zero attached hydrogens (tertiary/aromatic N) is 1. The standard InChI is InChI=1S/C21H11Cl4NO/c22-15-6-3-7-16(23)14(15)11-13-12-5-1-2-10-19(12)26(21(13)27)20-17(24)8-4-9-18(20)25/h1-11H/b13-11-. The zero-order valence-electron chi connectivity index (χ0n) is 13.7. The lowest BCUT2D eigenvalue weighted by Crippen LogP contribution is -2.21. The molecule has 0 aromatic heterocycles. The van der Waals surface area contributed by atoms with Crippen molar-refractivity contribution in [1.82, 2.24) is 0 Å². The first-order valence-electron chi connectivity index (χ1n) is 8.02. The molecule has 0 bridgehead atoms. The Morgan fingerprint density at radius 2 is 1.26 bits per heavy atom. The van der Waals surface area contributed by atoms with E-state index in [1.165, 1.54) is 4.90 Å². The van der Waals surface area contributed by atoms with Crippen molar-refractivity contribution < 1.29 is 4.79 Å². The van der Waals surface area contributed by atoms with Crippen LogP contribution in [0.4, 0.5) is 11.4 Å². The van der Waals surface area contributed by atoms with Crippen molar-refractivity contribution in [3.8, 4) is 0 Å². The van der Waals surface area contributed by atoms with Crippen LogP contribution in [0.1, 0.15) is 11.1 Å². The number of anilines is 2. The lowest BCUT2D eigenvalue weighted by atomic mass is 10.0. The number of benzene rings is 3. The van der Waals surface area contributed by atoms with E-state index in [0.717, 1.165) is 5.56 Å². The molecule has 1 aliphatic heterocycles. The van der Waals surface area contributed by atoms with Crippen LogP contribution in [0.5, 0.6) is 0 Å². The third-order valence-corrected chi connectivity index (χ3v) is 5.59. The van der Waals surface area contributed by atoms with E-state index in [-0.39, 0.29) is 5.91 Å². The summed E-state index contributed by atoms with van der Waals surface area (Å²) >= 11 is 25.3. The number of fused-ring (bicyclic) bond motifs is 1. The Hall–Kier alpha value is -1.97. The summed E-state index contributed by atoms with van der Waals surface area (Å²) < 4.78 is 0. The van der Waals surface area contributed by atoms with Crippen LogP contribution in [-0.2, 0) is 4.79 Å². The molecule has 3 aromatic rings. The van der Waals surface area contributed by atoms with Crippen LogP contribution in [0.2, 0.25) is 20.1 Å². The van der Waals surface area contributed by atoms with Crippen LogP contribution in [-0.4, -0.2) is 5.91 Å². The third-order valence-electron chi connectivity index (χ3n) is 4.32. The number of amides is 1. The number of hydrogen-bond acceptors (Lipinski definition) is 1. The molecule has 2 nitrogen and oxygen atoms in total. The van der Waals surface area contributed by atoms with E-state index >= 15 is 0 Å². The number of halogens is 4. The van der Waals surface area contributed by atoms with Gasteiger partial charge in [-0.05, 0) is 36.4 Å². The molecule has 6 heteroatoms. The van der Waals surface area contributed by atoms with Gasteiger partial charge in [-0.2, -0.15) is 0 Å². The maximum atomic E-state index is 13.3. The summed E-state index contributed by atoms with van der Waals surface area (Å²) in [5, 5.41) is 1.72. The number of rotatable bonds is 2. The largest absolute Gasteiger partial charge is 0.273 e. The Balaban J connectivity index is 1.95. The maximum Gasteiger partial charge on any atom is 0.263 e. The van der Waals surface area contributed by atoms with Crippen molar-refractivity contribution in [2.45, 2.75) is 0 Å². The summed E-state index contributed by atoms with van der Waals surface area (Å²) in [6, 6.07) is 17.8. The molecule has 0 fully saturated rings. The zero-order chi connectivity index (χ0) is 19.1. The molecular formula is C21H11Cl4NO. The first-order valence-corrected chi connectivity index (χ1v) is 9.54. The summed E-state index contributed by atoms with van der Waals surface area (Å²) in [7, 11) is 0. The van der Waals surface area contributed by atoms with Gasteiger partial charge in [0, 0.05) is 21.2 Å². The van der Waals surface area contributed by atoms with E-state index < -0.39 is 0 Å². The van der Waals surface area contributed by atoms with Gasteiger partial charge in [0.15, 0.2) is 0 Å². The minimum atomic E-state index is -0.248. The second-order valence-electron chi connectivity index (χ2n) is 5.92. The summed E-state index contributed by atoms with van der Waals surface area (Å²) in [5.41, 5.74) is 2.97. The molecule has 0 N–H and O–H groups in total. The molecule has 4 rings (SSSR count). The van der Waals surface area contributed by atoms with Gasteiger partial charge in [-0.1, -0.05) is 76.7 Å². The van der Waals surface area contributed by atoms with Gasteiger partial charge in [0.05, 0.1) is 27.0 Å². The molecule has 0 unspecified atom stereocenters. The molecule has 0 radical (unpaired) electrons. The number of carbonyl (C=O) groups excluding carboxylic acids is 1. The van der Waals surface area contributed by atoms with Gasteiger partial charge < -0.3 is 0 Å². The highest BCUT2D eigenvalue weighted by Crippen LogP contribution is 2.47. The molecule has 1 aliphatic rings. The molecule has 0 saturated carbocycles. The fraction of sp³-hybridized carbons (Fsp3) is 0. The van der Waals surface area contributed by atoms with Gasteiger partial charge in [0.25, 0.3) is 5.91 Å². The highest BCUT2D eigenvalue weighted by atomic mass is 35.5. The molecule has 3 aromatic carbocycles. The maximum absolute atomic E-state index is 13.3. The van der Waals surface area contributed by atoms with E-state index in [4.69, 9.17) is 46.4 Å². The Morgan fingerprint density at radius 1 is 0.704 bits per heavy atom. The van der Waals surface area contributed by atoms with Gasteiger partial charge in [0.1, 0.15) is 0 Å². The van der Waals surface area contributed by atoms with Crippen molar-refractivity contribution in [3.63, 3.8) is 0 Å². The highest BCUT2D eigenvalue weighted by molar-refractivity contribution is 6.45. The van der Waals surface area contributed by atoms with E-state index in [2.05, 4.69) is 0 Å². The zero-order valence-corrected chi connectivity index (χ0v) is 16.7. The second kappa shape index (κ2) is 7.21. The fourth-order valence-electron chi connectivity index (χ4n) is 3.10. The lowest BCUT2D eigenvalue weighted by molar-refractivity contribution is -0.112. The molecular weight excluding hydrogens is 424 g/mol. The molecule has 134 valence electrons. The molecule has 0 saturated heterocycles. The molecule has 0 aliphatic carbocycles. The van der Waals surface area contributed by atoms with Gasteiger partial charge >= 0.3 is 0 Å². The van der Waals surface area contributed by atoms with Gasteiger partial charge in [-0.25, -0.2) is 0 Å². The summed E-state index contributed by atoms with van der Waals surface area (Å²) in [6.07, 6.45) is 1.70. The lowest BCUT2D eigenvalue weighted by Gasteiger charge is -2.20. The molecule has 0 atom stereocenters. The number of carbonyl (C=O) groups is 1. The quantitative estimate of drug-likeness (QED) is 0.382. The van der Waals surface area contributed by atoms with Crippen molar-refractivity contribution in [1.29, 1.82) is 0 Å². The van der Waals surface area contributed by atoms with Crippen molar-refractivity contribution in [2.24, 2.45) is 0 Å². The Labute approximate surface area is 176 Å². The van der Waals surface area contributed by atoms with E-state index in [9.17, 15) is 4.79 Å². The first-order chi connectivity index (χ1) is 13.0. The molecule has 1 heterocycles. The molecule has 1 amide bonds. The number of para-hydroxylation sites is 2. The van der Waals surface area contributed by atoms with Crippen molar-refractivity contribution in [2.75, 3.05) is 4.90 Å². The van der Waals surface area contributed by atoms with E-state index in [0.29, 0.717) is 42.6 Å². The average Bonchev–Trinajstić information content (AvgIpc) is 2.91. The van der Waals surface area contributed by atoms with Crippen LogP contribution >= 0.6 is 46.4 Å². The minimum absolute atomic E-state index is 0.248. The minimum Gasteiger partial charge on any atom is -0.273 e. The van der Waals surface area contributed by atoms with Crippen molar-refractivity contribution in [3.05, 3.63) is 91.9 Å². The number of hydrogen-bond donors (Lipinski definition) is 0. The predicted molar refractivity (Wildman–Crippen MR) is 114 cm³/mol. The Kier molecular flexibility index (Phi) is 4.92.